The lowest BCUT2D eigenvalue weighted by molar-refractivity contribution is -0.137. The van der Waals surface area contributed by atoms with E-state index in [1.54, 1.807) is 18.6 Å². The van der Waals surface area contributed by atoms with Crippen molar-refractivity contribution in [2.45, 2.75) is 25.6 Å². The zero-order chi connectivity index (χ0) is 23.4. The molecule has 0 bridgehead atoms. The number of aromatic amines is 1. The zero-order valence-corrected chi connectivity index (χ0v) is 17.8. The number of nitrogens with one attached hydrogen (secondary N) is 2. The number of nitrogens with two attached hydrogens (primary N) is 1. The number of nitrogens with zero attached hydrogens (tertiary/aromatic N) is 4. The third-order valence-electron chi connectivity index (χ3n) is 5.15. The van der Waals surface area contributed by atoms with Crippen LogP contribution in [0.25, 0.3) is 22.6 Å². The number of anilines is 1. The van der Waals surface area contributed by atoms with Gasteiger partial charge in [0.05, 0.1) is 28.6 Å². The first kappa shape index (κ1) is 22.4. The lowest BCUT2D eigenvalue weighted by atomic mass is 10.0. The minimum Gasteiger partial charge on any atom is -0.352 e. The van der Waals surface area contributed by atoms with E-state index in [0.29, 0.717) is 23.2 Å². The third-order valence-corrected chi connectivity index (χ3v) is 5.15. The molecule has 3 aromatic heterocycles. The summed E-state index contributed by atoms with van der Waals surface area (Å²) in [5.74, 6) is 0.976. The number of halogens is 3. The first-order valence-electron chi connectivity index (χ1n) is 10.3. The van der Waals surface area contributed by atoms with Gasteiger partial charge in [0, 0.05) is 36.9 Å². The fourth-order valence-corrected chi connectivity index (χ4v) is 3.27. The number of imidazole rings is 1. The highest BCUT2D eigenvalue weighted by atomic mass is 19.4. The van der Waals surface area contributed by atoms with Crippen molar-refractivity contribution >= 4 is 5.95 Å². The maximum absolute atomic E-state index is 12.7. The summed E-state index contributed by atoms with van der Waals surface area (Å²) in [6.45, 7) is 2.28. The molecular weight excluding hydrogens is 431 g/mol. The molecule has 33 heavy (non-hydrogen) atoms. The van der Waals surface area contributed by atoms with Gasteiger partial charge in [-0.1, -0.05) is 31.2 Å². The summed E-state index contributed by atoms with van der Waals surface area (Å²) in [6, 6.07) is 9.68. The zero-order valence-electron chi connectivity index (χ0n) is 17.8. The molecule has 0 fully saturated rings. The number of benzene rings is 1. The van der Waals surface area contributed by atoms with Crippen LogP contribution in [0.15, 0.2) is 61.2 Å². The maximum atomic E-state index is 12.7. The molecule has 0 aliphatic heterocycles. The summed E-state index contributed by atoms with van der Waals surface area (Å²) in [5, 5.41) is 3.05. The normalized spacial score (nSPS) is 12.5. The average Bonchev–Trinajstić information content (AvgIpc) is 3.37. The van der Waals surface area contributed by atoms with Crippen LogP contribution >= 0.6 is 0 Å². The van der Waals surface area contributed by atoms with E-state index in [1.165, 1.54) is 11.6 Å². The smallest absolute Gasteiger partial charge is 0.352 e. The Labute approximate surface area is 188 Å². The Hall–Kier alpha value is -3.79. The van der Waals surface area contributed by atoms with Crippen molar-refractivity contribution < 1.29 is 13.2 Å². The Kier molecular flexibility index (Phi) is 6.36. The van der Waals surface area contributed by atoms with Crippen molar-refractivity contribution in [2.24, 2.45) is 5.73 Å². The van der Waals surface area contributed by atoms with Crippen LogP contribution in [0.3, 0.4) is 0 Å². The number of rotatable bonds is 7. The van der Waals surface area contributed by atoms with Crippen LogP contribution in [0.1, 0.15) is 29.8 Å². The topological polar surface area (TPSA) is 105 Å². The van der Waals surface area contributed by atoms with Crippen LogP contribution in [-0.2, 0) is 12.6 Å². The number of H-pyrrole nitrogens is 1. The second-order valence-corrected chi connectivity index (χ2v) is 7.40. The predicted octanol–water partition coefficient (Wildman–Crippen LogP) is 4.62. The molecular formula is C23H22F3N7. The molecule has 4 N–H and O–H groups in total. The van der Waals surface area contributed by atoms with Crippen LogP contribution in [0.5, 0.6) is 0 Å². The predicted molar refractivity (Wildman–Crippen MR) is 119 cm³/mol. The molecule has 1 aromatic carbocycles. The second-order valence-electron chi connectivity index (χ2n) is 7.40. The van der Waals surface area contributed by atoms with Crippen molar-refractivity contribution in [1.29, 1.82) is 0 Å². The Balaban J connectivity index is 1.55. The summed E-state index contributed by atoms with van der Waals surface area (Å²) < 4.78 is 38.2. The van der Waals surface area contributed by atoms with E-state index in [-0.39, 0.29) is 6.54 Å². The molecule has 0 aliphatic carbocycles. The van der Waals surface area contributed by atoms with Crippen molar-refractivity contribution in [3.8, 4) is 22.6 Å². The van der Waals surface area contributed by atoms with Gasteiger partial charge < -0.3 is 16.0 Å². The van der Waals surface area contributed by atoms with Crippen molar-refractivity contribution in [1.82, 2.24) is 24.9 Å². The van der Waals surface area contributed by atoms with E-state index in [9.17, 15) is 13.2 Å². The minimum atomic E-state index is -4.44. The quantitative estimate of drug-likeness (QED) is 0.377. The fourth-order valence-electron chi connectivity index (χ4n) is 3.27. The molecule has 4 aromatic rings. The van der Waals surface area contributed by atoms with Crippen LogP contribution < -0.4 is 11.1 Å². The van der Waals surface area contributed by atoms with Crippen LogP contribution in [-0.4, -0.2) is 31.5 Å². The maximum Gasteiger partial charge on any atom is 0.417 e. The summed E-state index contributed by atoms with van der Waals surface area (Å²) in [6.07, 6.45) is 2.31. The van der Waals surface area contributed by atoms with E-state index < -0.39 is 17.8 Å². The largest absolute Gasteiger partial charge is 0.417 e. The molecule has 0 saturated heterocycles. The molecule has 4 rings (SSSR count). The summed E-state index contributed by atoms with van der Waals surface area (Å²) in [5.41, 5.74) is 9.16. The average molecular weight is 453 g/mol. The molecule has 170 valence electrons. The van der Waals surface area contributed by atoms with Crippen molar-refractivity contribution in [3.05, 3.63) is 78.0 Å². The molecule has 0 saturated carbocycles. The molecule has 7 nitrogen and oxygen atoms in total. The van der Waals surface area contributed by atoms with Gasteiger partial charge in [-0.15, -0.1) is 0 Å². The van der Waals surface area contributed by atoms with Crippen LogP contribution in [0, 0.1) is 0 Å². The number of aromatic nitrogens is 5. The number of aryl methyl sites for hydroxylation is 1. The van der Waals surface area contributed by atoms with E-state index in [1.807, 2.05) is 24.3 Å². The van der Waals surface area contributed by atoms with Gasteiger partial charge in [0.1, 0.15) is 5.82 Å². The van der Waals surface area contributed by atoms with Gasteiger partial charge in [-0.05, 0) is 24.1 Å². The summed E-state index contributed by atoms with van der Waals surface area (Å²) in [4.78, 5) is 20.3. The van der Waals surface area contributed by atoms with Gasteiger partial charge in [0.15, 0.2) is 0 Å². The van der Waals surface area contributed by atoms with E-state index in [2.05, 4.69) is 37.2 Å². The van der Waals surface area contributed by atoms with Crippen molar-refractivity contribution in [2.75, 3.05) is 11.9 Å². The second kappa shape index (κ2) is 9.37. The van der Waals surface area contributed by atoms with Crippen molar-refractivity contribution in [3.63, 3.8) is 0 Å². The van der Waals surface area contributed by atoms with E-state index in [0.717, 1.165) is 29.8 Å². The molecule has 0 radical (unpaired) electrons. The van der Waals surface area contributed by atoms with Crippen LogP contribution in [0.2, 0.25) is 0 Å². The highest BCUT2D eigenvalue weighted by Gasteiger charge is 2.30. The monoisotopic (exact) mass is 453 g/mol. The van der Waals surface area contributed by atoms with Gasteiger partial charge in [-0.3, -0.25) is 4.98 Å². The van der Waals surface area contributed by atoms with Gasteiger partial charge in [0.25, 0.3) is 0 Å². The number of hydrogen-bond acceptors (Lipinski definition) is 6. The van der Waals surface area contributed by atoms with E-state index in [4.69, 9.17) is 5.73 Å². The molecule has 1 unspecified atom stereocenters. The molecule has 3 heterocycles. The highest BCUT2D eigenvalue weighted by molar-refractivity contribution is 5.77. The lowest BCUT2D eigenvalue weighted by Gasteiger charge is -2.15. The molecule has 10 heteroatoms. The number of alkyl halides is 3. The van der Waals surface area contributed by atoms with Gasteiger partial charge in [-0.2, -0.15) is 13.2 Å². The molecule has 0 amide bonds. The molecule has 0 aliphatic rings. The lowest BCUT2D eigenvalue weighted by Crippen LogP contribution is -2.23. The molecule has 0 spiro atoms. The van der Waals surface area contributed by atoms with Crippen LogP contribution in [0.4, 0.5) is 19.1 Å². The fraction of sp³-hybridized carbons (Fsp3) is 0.217. The minimum absolute atomic E-state index is 0.187. The first-order valence-corrected chi connectivity index (χ1v) is 10.3. The first-order chi connectivity index (χ1) is 15.8. The highest BCUT2D eigenvalue weighted by Crippen LogP contribution is 2.30. The van der Waals surface area contributed by atoms with Gasteiger partial charge >= 0.3 is 6.18 Å². The Morgan fingerprint density at radius 1 is 1.03 bits per heavy atom. The standard InChI is InChI=1S/C23H22F3N7/c1-2-14-3-5-15(6-4-14)20-17(21-28-9-10-29-21)12-31-22(33-20)32-13-18(27)19-8-7-16(11-30-19)23(24,25)26/h3-12,18H,2,13,27H2,1H3,(H,28,29)(H,31,32,33). The van der Waals surface area contributed by atoms with E-state index >= 15 is 0 Å². The number of hydrogen-bond donors (Lipinski definition) is 3. The molecule has 1 atom stereocenters. The SMILES string of the molecule is CCc1ccc(-c2nc(NCC(N)c3ccc(C(F)(F)F)cn3)ncc2-c2ncc[nH]2)cc1. The Morgan fingerprint density at radius 2 is 1.82 bits per heavy atom. The number of pyridine rings is 1. The van der Waals surface area contributed by atoms with Gasteiger partial charge in [0.2, 0.25) is 5.95 Å². The van der Waals surface area contributed by atoms with Gasteiger partial charge in [-0.25, -0.2) is 15.0 Å². The summed E-state index contributed by atoms with van der Waals surface area (Å²) in [7, 11) is 0. The Bertz CT molecular complexity index is 1190. The Morgan fingerprint density at radius 3 is 2.42 bits per heavy atom. The summed E-state index contributed by atoms with van der Waals surface area (Å²) >= 11 is 0. The third kappa shape index (κ3) is 5.17.